The first-order valence-electron chi connectivity index (χ1n) is 5.78. The number of hydrogen-bond donors (Lipinski definition) is 1. The summed E-state index contributed by atoms with van der Waals surface area (Å²) < 4.78 is 0.783. The van der Waals surface area contributed by atoms with E-state index in [-0.39, 0.29) is 5.69 Å². The van der Waals surface area contributed by atoms with Crippen LogP contribution in [0.2, 0.25) is 0 Å². The van der Waals surface area contributed by atoms with Gasteiger partial charge in [0.2, 0.25) is 0 Å². The van der Waals surface area contributed by atoms with Gasteiger partial charge < -0.3 is 5.32 Å². The van der Waals surface area contributed by atoms with E-state index in [1.54, 1.807) is 12.1 Å². The lowest BCUT2D eigenvalue weighted by molar-refractivity contribution is -0.384. The van der Waals surface area contributed by atoms with Crippen molar-refractivity contribution in [3.8, 4) is 0 Å². The molecular formula is C12H11BrN4O2S. The number of nitro benzene ring substituents is 1. The lowest BCUT2D eigenvalue weighted by Crippen LogP contribution is -2.01. The Morgan fingerprint density at radius 3 is 2.65 bits per heavy atom. The summed E-state index contributed by atoms with van der Waals surface area (Å²) in [4.78, 5) is 19.4. The number of nitrogens with zero attached hydrogens (tertiary/aromatic N) is 3. The monoisotopic (exact) mass is 354 g/mol. The molecule has 2 aromatic rings. The molecule has 2 rings (SSSR count). The van der Waals surface area contributed by atoms with Gasteiger partial charge >= 0.3 is 0 Å². The average Bonchev–Trinajstić information content (AvgIpc) is 2.44. The fourth-order valence-corrected chi connectivity index (χ4v) is 2.83. The van der Waals surface area contributed by atoms with Crippen molar-refractivity contribution in [3.05, 3.63) is 45.2 Å². The van der Waals surface area contributed by atoms with Crippen LogP contribution in [-0.4, -0.2) is 21.4 Å². The van der Waals surface area contributed by atoms with Gasteiger partial charge in [-0.05, 0) is 35.0 Å². The molecule has 1 aromatic carbocycles. The fraction of sp³-hybridized carbons (Fsp3) is 0.167. The van der Waals surface area contributed by atoms with E-state index in [9.17, 15) is 10.1 Å². The molecule has 8 heteroatoms. The lowest BCUT2D eigenvalue weighted by Gasteiger charge is -2.08. The molecule has 6 nitrogen and oxygen atoms in total. The molecule has 0 unspecified atom stereocenters. The van der Waals surface area contributed by atoms with Crippen molar-refractivity contribution in [1.82, 2.24) is 9.97 Å². The molecule has 0 aliphatic carbocycles. The lowest BCUT2D eigenvalue weighted by atomic mass is 10.3. The maximum absolute atomic E-state index is 10.6. The Bertz CT molecular complexity index is 621. The van der Waals surface area contributed by atoms with Crippen LogP contribution >= 0.6 is 27.7 Å². The highest BCUT2D eigenvalue weighted by molar-refractivity contribution is 9.10. The SMILES string of the molecule is CCNc1ncnc(Sc2ccc([N+](=O)[O-])cc2)c1Br. The second-order valence-corrected chi connectivity index (χ2v) is 5.58. The zero-order chi connectivity index (χ0) is 14.5. The van der Waals surface area contributed by atoms with Gasteiger partial charge in [-0.15, -0.1) is 0 Å². The number of nitro groups is 1. The van der Waals surface area contributed by atoms with Gasteiger partial charge in [0.05, 0.1) is 9.40 Å². The first-order chi connectivity index (χ1) is 9.61. The number of benzene rings is 1. The molecule has 0 aliphatic rings. The topological polar surface area (TPSA) is 81.0 Å². The van der Waals surface area contributed by atoms with Crippen LogP contribution in [0.3, 0.4) is 0 Å². The second-order valence-electron chi connectivity index (χ2n) is 3.72. The molecule has 0 spiro atoms. The van der Waals surface area contributed by atoms with Crippen molar-refractivity contribution in [1.29, 1.82) is 0 Å². The Kier molecular flexibility index (Phi) is 4.91. The Morgan fingerprint density at radius 2 is 2.05 bits per heavy atom. The molecule has 20 heavy (non-hydrogen) atoms. The van der Waals surface area contributed by atoms with E-state index in [2.05, 4.69) is 31.2 Å². The largest absolute Gasteiger partial charge is 0.369 e. The molecule has 0 saturated carbocycles. The van der Waals surface area contributed by atoms with Crippen molar-refractivity contribution in [2.75, 3.05) is 11.9 Å². The van der Waals surface area contributed by atoms with E-state index >= 15 is 0 Å². The smallest absolute Gasteiger partial charge is 0.269 e. The van der Waals surface area contributed by atoms with Gasteiger partial charge in [-0.25, -0.2) is 9.97 Å². The summed E-state index contributed by atoms with van der Waals surface area (Å²) in [6.45, 7) is 2.74. The molecule has 1 aromatic heterocycles. The van der Waals surface area contributed by atoms with E-state index in [0.717, 1.165) is 26.8 Å². The zero-order valence-corrected chi connectivity index (χ0v) is 12.9. The molecule has 1 heterocycles. The molecule has 0 radical (unpaired) electrons. The molecular weight excluding hydrogens is 344 g/mol. The Hall–Kier alpha value is -1.67. The van der Waals surface area contributed by atoms with Crippen molar-refractivity contribution in [2.45, 2.75) is 16.8 Å². The Labute approximate surface area is 128 Å². The van der Waals surface area contributed by atoms with Crippen molar-refractivity contribution in [3.63, 3.8) is 0 Å². The number of rotatable bonds is 5. The maximum atomic E-state index is 10.6. The first kappa shape index (κ1) is 14.7. The van der Waals surface area contributed by atoms with Gasteiger partial charge in [-0.3, -0.25) is 10.1 Å². The van der Waals surface area contributed by atoms with Crippen LogP contribution in [0.5, 0.6) is 0 Å². The van der Waals surface area contributed by atoms with Gasteiger partial charge in [0.1, 0.15) is 17.2 Å². The molecule has 0 saturated heterocycles. The first-order valence-corrected chi connectivity index (χ1v) is 7.39. The molecule has 0 fully saturated rings. The van der Waals surface area contributed by atoms with Crippen LogP contribution in [0, 0.1) is 10.1 Å². The van der Waals surface area contributed by atoms with Crippen molar-refractivity contribution >= 4 is 39.2 Å². The van der Waals surface area contributed by atoms with E-state index < -0.39 is 4.92 Å². The highest BCUT2D eigenvalue weighted by Crippen LogP contribution is 2.35. The fourth-order valence-electron chi connectivity index (χ4n) is 1.46. The molecule has 0 atom stereocenters. The third-order valence-corrected chi connectivity index (χ3v) is 4.39. The quantitative estimate of drug-likeness (QED) is 0.500. The Morgan fingerprint density at radius 1 is 1.35 bits per heavy atom. The van der Waals surface area contributed by atoms with Crippen LogP contribution in [0.1, 0.15) is 6.92 Å². The van der Waals surface area contributed by atoms with Crippen LogP contribution in [0.15, 0.2) is 45.0 Å². The normalized spacial score (nSPS) is 10.3. The van der Waals surface area contributed by atoms with Gasteiger partial charge in [-0.1, -0.05) is 11.8 Å². The number of non-ortho nitro benzene ring substituents is 1. The van der Waals surface area contributed by atoms with E-state index in [4.69, 9.17) is 0 Å². The van der Waals surface area contributed by atoms with E-state index in [1.165, 1.54) is 30.2 Å². The molecule has 0 amide bonds. The van der Waals surface area contributed by atoms with E-state index in [0.29, 0.717) is 0 Å². The summed E-state index contributed by atoms with van der Waals surface area (Å²) in [5.41, 5.74) is 0.0736. The van der Waals surface area contributed by atoms with Gasteiger partial charge in [-0.2, -0.15) is 0 Å². The summed E-state index contributed by atoms with van der Waals surface area (Å²) in [7, 11) is 0. The van der Waals surface area contributed by atoms with Crippen LogP contribution in [0.25, 0.3) is 0 Å². The van der Waals surface area contributed by atoms with E-state index in [1.807, 2.05) is 6.92 Å². The number of anilines is 1. The summed E-state index contributed by atoms with van der Waals surface area (Å²) in [6.07, 6.45) is 1.48. The summed E-state index contributed by atoms with van der Waals surface area (Å²) in [6, 6.07) is 6.35. The van der Waals surface area contributed by atoms with Crippen LogP contribution in [-0.2, 0) is 0 Å². The standard InChI is InChI=1S/C12H11BrN4O2S/c1-2-14-11-10(13)12(16-7-15-11)20-9-5-3-8(4-6-9)17(18)19/h3-7H,2H2,1H3,(H,14,15,16). The van der Waals surface area contributed by atoms with Gasteiger partial charge in [0.15, 0.2) is 0 Å². The number of hydrogen-bond acceptors (Lipinski definition) is 6. The highest BCUT2D eigenvalue weighted by Gasteiger charge is 2.11. The molecule has 1 N–H and O–H groups in total. The molecule has 104 valence electrons. The summed E-state index contributed by atoms with van der Waals surface area (Å²) >= 11 is 4.87. The zero-order valence-electron chi connectivity index (χ0n) is 10.5. The van der Waals surface area contributed by atoms with Crippen molar-refractivity contribution < 1.29 is 4.92 Å². The molecule has 0 bridgehead atoms. The minimum atomic E-state index is -0.418. The number of aromatic nitrogens is 2. The maximum Gasteiger partial charge on any atom is 0.269 e. The summed E-state index contributed by atoms with van der Waals surface area (Å²) in [5.74, 6) is 0.729. The van der Waals surface area contributed by atoms with Crippen LogP contribution < -0.4 is 5.32 Å². The number of halogens is 1. The molecule has 0 aliphatic heterocycles. The Balaban J connectivity index is 2.21. The summed E-state index contributed by atoms with van der Waals surface area (Å²) in [5, 5.41) is 14.5. The third-order valence-electron chi connectivity index (χ3n) is 2.36. The third kappa shape index (κ3) is 3.45. The highest BCUT2D eigenvalue weighted by atomic mass is 79.9. The second kappa shape index (κ2) is 6.67. The van der Waals surface area contributed by atoms with Crippen LogP contribution in [0.4, 0.5) is 11.5 Å². The van der Waals surface area contributed by atoms with Gasteiger partial charge in [0.25, 0.3) is 5.69 Å². The average molecular weight is 355 g/mol. The number of nitrogens with one attached hydrogen (secondary N) is 1. The predicted octanol–water partition coefficient (Wildman–Crippen LogP) is 3.73. The van der Waals surface area contributed by atoms with Crippen molar-refractivity contribution in [2.24, 2.45) is 0 Å². The minimum Gasteiger partial charge on any atom is -0.369 e. The van der Waals surface area contributed by atoms with Gasteiger partial charge in [0, 0.05) is 23.6 Å². The predicted molar refractivity (Wildman–Crippen MR) is 81.1 cm³/mol. The minimum absolute atomic E-state index is 0.0736.